The molecule has 3 aromatic carbocycles. The van der Waals surface area contributed by atoms with E-state index in [-0.39, 0.29) is 5.91 Å². The van der Waals surface area contributed by atoms with Crippen LogP contribution in [0, 0.1) is 0 Å². The van der Waals surface area contributed by atoms with Crippen molar-refractivity contribution in [2.45, 2.75) is 13.0 Å². The number of hydrogen-bond donors (Lipinski definition) is 1. The first-order chi connectivity index (χ1) is 16.2. The number of nitrogens with one attached hydrogen (secondary N) is 1. The van der Waals surface area contributed by atoms with Gasteiger partial charge in [0, 0.05) is 25.1 Å². The van der Waals surface area contributed by atoms with Crippen molar-refractivity contribution in [2.75, 3.05) is 20.3 Å². The molecule has 6 nitrogen and oxygen atoms in total. The van der Waals surface area contributed by atoms with E-state index in [0.29, 0.717) is 26.1 Å². The molecule has 1 amide bonds. The molecule has 1 N–H and O–H groups in total. The maximum absolute atomic E-state index is 12.2. The van der Waals surface area contributed by atoms with Crippen LogP contribution in [-0.2, 0) is 17.8 Å². The third kappa shape index (κ3) is 6.01. The van der Waals surface area contributed by atoms with Gasteiger partial charge in [0.1, 0.15) is 23.9 Å². The Morgan fingerprint density at radius 2 is 1.79 bits per heavy atom. The highest BCUT2D eigenvalue weighted by molar-refractivity contribution is 5.91. The molecule has 1 heterocycles. The second-order valence-electron chi connectivity index (χ2n) is 7.48. The summed E-state index contributed by atoms with van der Waals surface area (Å²) in [6.07, 6.45) is 3.99. The number of ether oxygens (including phenoxy) is 2. The van der Waals surface area contributed by atoms with Gasteiger partial charge in [-0.15, -0.1) is 0 Å². The number of carbonyl (C=O) groups excluding carboxylic acids is 1. The van der Waals surface area contributed by atoms with Crippen molar-refractivity contribution in [3.63, 3.8) is 0 Å². The molecule has 0 aliphatic rings. The van der Waals surface area contributed by atoms with E-state index in [0.717, 1.165) is 33.9 Å². The molecule has 6 heteroatoms. The summed E-state index contributed by atoms with van der Waals surface area (Å²) in [6.45, 7) is 1.64. The van der Waals surface area contributed by atoms with Gasteiger partial charge in [0.15, 0.2) is 0 Å². The molecule has 0 spiro atoms. The van der Waals surface area contributed by atoms with Crippen LogP contribution in [0.2, 0.25) is 0 Å². The summed E-state index contributed by atoms with van der Waals surface area (Å²) in [5.74, 6) is 2.32. The molecule has 0 saturated heterocycles. The van der Waals surface area contributed by atoms with Crippen molar-refractivity contribution in [3.05, 3.63) is 96.3 Å². The van der Waals surface area contributed by atoms with E-state index in [9.17, 15) is 4.79 Å². The number of hydrogen-bond acceptors (Lipinski definition) is 4. The molecule has 0 fully saturated rings. The van der Waals surface area contributed by atoms with Gasteiger partial charge >= 0.3 is 0 Å². The first kappa shape index (κ1) is 22.1. The van der Waals surface area contributed by atoms with Crippen LogP contribution < -0.4 is 14.8 Å². The van der Waals surface area contributed by atoms with Crippen molar-refractivity contribution in [1.29, 1.82) is 0 Å². The fourth-order valence-electron chi connectivity index (χ4n) is 3.60. The van der Waals surface area contributed by atoms with Gasteiger partial charge in [0.2, 0.25) is 5.91 Å². The number of methoxy groups -OCH3 is 1. The lowest BCUT2D eigenvalue weighted by atomic mass is 10.2. The maximum atomic E-state index is 12.2. The predicted molar refractivity (Wildman–Crippen MR) is 130 cm³/mol. The molecule has 0 radical (unpaired) electrons. The summed E-state index contributed by atoms with van der Waals surface area (Å²) in [7, 11) is 1.64. The Morgan fingerprint density at radius 1 is 1.00 bits per heavy atom. The molecule has 0 atom stereocenters. The van der Waals surface area contributed by atoms with Gasteiger partial charge < -0.3 is 19.4 Å². The zero-order valence-corrected chi connectivity index (χ0v) is 18.6. The van der Waals surface area contributed by atoms with Crippen molar-refractivity contribution < 1.29 is 14.3 Å². The van der Waals surface area contributed by atoms with E-state index in [2.05, 4.69) is 16.0 Å². The minimum atomic E-state index is -0.122. The molecule has 1 aromatic heterocycles. The number of aromatic nitrogens is 2. The van der Waals surface area contributed by atoms with Gasteiger partial charge in [-0.25, -0.2) is 4.98 Å². The Morgan fingerprint density at radius 3 is 2.64 bits per heavy atom. The Hall–Kier alpha value is -4.06. The van der Waals surface area contributed by atoms with Crippen LogP contribution in [0.1, 0.15) is 11.4 Å². The monoisotopic (exact) mass is 441 g/mol. The molecule has 4 rings (SSSR count). The molecule has 0 aliphatic carbocycles. The van der Waals surface area contributed by atoms with Crippen LogP contribution in [0.5, 0.6) is 11.5 Å². The lowest BCUT2D eigenvalue weighted by molar-refractivity contribution is -0.116. The van der Waals surface area contributed by atoms with Gasteiger partial charge in [-0.1, -0.05) is 48.5 Å². The first-order valence-corrected chi connectivity index (χ1v) is 10.9. The fourth-order valence-corrected chi connectivity index (χ4v) is 3.60. The smallest absolute Gasteiger partial charge is 0.244 e. The van der Waals surface area contributed by atoms with Gasteiger partial charge in [0.05, 0.1) is 24.7 Å². The van der Waals surface area contributed by atoms with Gasteiger partial charge in [-0.2, -0.15) is 0 Å². The normalized spacial score (nSPS) is 11.1. The molecule has 0 unspecified atom stereocenters. The number of nitrogens with zero attached hydrogens (tertiary/aromatic N) is 2. The second kappa shape index (κ2) is 11.0. The molecule has 4 aromatic rings. The highest BCUT2D eigenvalue weighted by Crippen LogP contribution is 2.20. The zero-order chi connectivity index (χ0) is 22.9. The van der Waals surface area contributed by atoms with Gasteiger partial charge in [0.25, 0.3) is 0 Å². The van der Waals surface area contributed by atoms with E-state index < -0.39 is 0 Å². The Kier molecular flexibility index (Phi) is 7.38. The minimum Gasteiger partial charge on any atom is -0.497 e. The molecule has 0 aliphatic heterocycles. The summed E-state index contributed by atoms with van der Waals surface area (Å²) < 4.78 is 13.3. The minimum absolute atomic E-state index is 0.122. The molecule has 168 valence electrons. The number of fused-ring (bicyclic) bond motifs is 1. The van der Waals surface area contributed by atoms with E-state index >= 15 is 0 Å². The van der Waals surface area contributed by atoms with Gasteiger partial charge in [-0.3, -0.25) is 4.79 Å². The van der Waals surface area contributed by atoms with Crippen molar-refractivity contribution >= 4 is 23.0 Å². The lowest BCUT2D eigenvalue weighted by Gasteiger charge is -2.12. The van der Waals surface area contributed by atoms with Crippen molar-refractivity contribution in [2.24, 2.45) is 0 Å². The maximum Gasteiger partial charge on any atom is 0.244 e. The largest absolute Gasteiger partial charge is 0.497 e. The quantitative estimate of drug-likeness (QED) is 0.368. The van der Waals surface area contributed by atoms with Crippen molar-refractivity contribution in [1.82, 2.24) is 14.9 Å². The molecular formula is C27H27N3O3. The summed E-state index contributed by atoms with van der Waals surface area (Å²) in [5, 5.41) is 2.94. The van der Waals surface area contributed by atoms with Crippen molar-refractivity contribution in [3.8, 4) is 11.5 Å². The summed E-state index contributed by atoms with van der Waals surface area (Å²) in [6, 6.07) is 25.4. The Labute approximate surface area is 193 Å². The summed E-state index contributed by atoms with van der Waals surface area (Å²) >= 11 is 0. The third-order valence-corrected chi connectivity index (χ3v) is 5.23. The molecule has 0 saturated carbocycles. The lowest BCUT2D eigenvalue weighted by Crippen LogP contribution is -2.25. The molecular weight excluding hydrogens is 414 g/mol. The Balaban J connectivity index is 1.37. The van der Waals surface area contributed by atoms with E-state index in [1.165, 1.54) is 0 Å². The second-order valence-corrected chi connectivity index (χ2v) is 7.48. The number of carbonyl (C=O) groups is 1. The average Bonchev–Trinajstić information content (AvgIpc) is 3.21. The number of benzene rings is 3. The van der Waals surface area contributed by atoms with Gasteiger partial charge in [-0.05, 0) is 35.9 Å². The topological polar surface area (TPSA) is 65.4 Å². The highest BCUT2D eigenvalue weighted by atomic mass is 16.5. The molecule has 0 bridgehead atoms. The van der Waals surface area contributed by atoms with Crippen LogP contribution >= 0.6 is 0 Å². The number of rotatable bonds is 10. The standard InChI is InChI=1S/C27H27N3O3/c1-32-22-10-7-11-23(20-22)33-19-18-30-25-13-6-5-12-24(25)29-26(30)16-17-28-27(31)15-14-21-8-3-2-4-9-21/h2-15,20H,16-19H2,1H3,(H,28,31)/b15-14+. The van der Waals surface area contributed by atoms with Crippen LogP contribution in [0.15, 0.2) is 84.9 Å². The number of para-hydroxylation sites is 2. The van der Waals surface area contributed by atoms with Crippen LogP contribution in [0.25, 0.3) is 17.1 Å². The first-order valence-electron chi connectivity index (χ1n) is 10.9. The van der Waals surface area contributed by atoms with E-state index in [4.69, 9.17) is 14.5 Å². The average molecular weight is 442 g/mol. The van der Waals surface area contributed by atoms with E-state index in [1.54, 1.807) is 19.3 Å². The predicted octanol–water partition coefficient (Wildman–Crippen LogP) is 4.50. The summed E-state index contributed by atoms with van der Waals surface area (Å²) in [5.41, 5.74) is 2.98. The number of amides is 1. The number of imidazole rings is 1. The van der Waals surface area contributed by atoms with Crippen LogP contribution in [0.3, 0.4) is 0 Å². The zero-order valence-electron chi connectivity index (χ0n) is 18.6. The van der Waals surface area contributed by atoms with E-state index in [1.807, 2.05) is 72.8 Å². The fraction of sp³-hybridized carbons (Fsp3) is 0.185. The SMILES string of the molecule is COc1cccc(OCCn2c(CCNC(=O)/C=C/c3ccccc3)nc3ccccc32)c1. The van der Waals surface area contributed by atoms with Crippen LogP contribution in [-0.4, -0.2) is 35.7 Å². The highest BCUT2D eigenvalue weighted by Gasteiger charge is 2.11. The summed E-state index contributed by atoms with van der Waals surface area (Å²) in [4.78, 5) is 17.0. The Bertz CT molecular complexity index is 1230. The van der Waals surface area contributed by atoms with Crippen LogP contribution in [0.4, 0.5) is 0 Å². The third-order valence-electron chi connectivity index (χ3n) is 5.23. The molecule has 33 heavy (non-hydrogen) atoms.